The number of H-pyrrole nitrogens is 1. The second kappa shape index (κ2) is 2.52. The van der Waals surface area contributed by atoms with Crippen molar-refractivity contribution < 1.29 is 17.6 Å². The molecule has 0 unspecified atom stereocenters. The molecule has 2 nitrogen and oxygen atoms in total. The molecule has 1 aromatic heterocycles. The highest BCUT2D eigenvalue weighted by Gasteiger charge is 2.34. The number of aromatic nitrogens is 2. The summed E-state index contributed by atoms with van der Waals surface area (Å²) in [6.07, 6.45) is -4.55. The van der Waals surface area contributed by atoms with Crippen LogP contribution in [0.2, 0.25) is 0 Å². The van der Waals surface area contributed by atoms with Gasteiger partial charge in [0.25, 0.3) is 0 Å². The van der Waals surface area contributed by atoms with Crippen molar-refractivity contribution in [2.45, 2.75) is 12.9 Å². The molecular weight excluding hydrogens is 164 g/mol. The van der Waals surface area contributed by atoms with Gasteiger partial charge in [0.2, 0.25) is 0 Å². The summed E-state index contributed by atoms with van der Waals surface area (Å²) in [5.74, 6) is 0. The van der Waals surface area contributed by atoms with E-state index in [9.17, 15) is 17.6 Å². The Bertz CT molecular complexity index is 239. The number of alkyl halides is 4. The summed E-state index contributed by atoms with van der Waals surface area (Å²) >= 11 is 0. The third-order valence-electron chi connectivity index (χ3n) is 0.974. The van der Waals surface area contributed by atoms with Crippen LogP contribution in [0.4, 0.5) is 17.6 Å². The molecule has 0 fully saturated rings. The number of rotatable bonds is 1. The SMILES string of the molecule is FCc1[c]c(C(F)(F)F)n[nH]1. The van der Waals surface area contributed by atoms with Gasteiger partial charge in [-0.05, 0) is 0 Å². The lowest BCUT2D eigenvalue weighted by atomic mass is 10.4. The molecule has 1 aromatic rings. The van der Waals surface area contributed by atoms with E-state index in [4.69, 9.17) is 0 Å². The van der Waals surface area contributed by atoms with Crippen LogP contribution >= 0.6 is 0 Å². The largest absolute Gasteiger partial charge is 0.435 e. The first-order valence-electron chi connectivity index (χ1n) is 2.63. The monoisotopic (exact) mass is 167 g/mol. The zero-order chi connectivity index (χ0) is 8.48. The topological polar surface area (TPSA) is 28.7 Å². The summed E-state index contributed by atoms with van der Waals surface area (Å²) in [7, 11) is 0. The fourth-order valence-electron chi connectivity index (χ4n) is 0.520. The third-order valence-corrected chi connectivity index (χ3v) is 0.974. The summed E-state index contributed by atoms with van der Waals surface area (Å²) in [5.41, 5.74) is -1.51. The van der Waals surface area contributed by atoms with Gasteiger partial charge in [-0.2, -0.15) is 18.3 Å². The maximum atomic E-state index is 11.7. The van der Waals surface area contributed by atoms with E-state index in [1.54, 1.807) is 6.07 Å². The number of halogens is 4. The molecular formula is C5H3F4N2. The molecule has 61 valence electrons. The number of aromatic amines is 1. The Morgan fingerprint density at radius 3 is 2.36 bits per heavy atom. The summed E-state index contributed by atoms with van der Waals surface area (Å²) in [6, 6.07) is 1.74. The second-order valence-electron chi connectivity index (χ2n) is 1.81. The summed E-state index contributed by atoms with van der Waals surface area (Å²) in [6.45, 7) is -1.02. The van der Waals surface area contributed by atoms with Gasteiger partial charge in [0.1, 0.15) is 6.67 Å². The highest BCUT2D eigenvalue weighted by atomic mass is 19.4. The molecule has 1 radical (unpaired) electrons. The van der Waals surface area contributed by atoms with Crippen molar-refractivity contribution >= 4 is 0 Å². The summed E-state index contributed by atoms with van der Waals surface area (Å²) in [5, 5.41) is 4.67. The molecule has 0 amide bonds. The van der Waals surface area contributed by atoms with Gasteiger partial charge in [0.15, 0.2) is 5.69 Å². The Labute approximate surface area is 59.2 Å². The van der Waals surface area contributed by atoms with E-state index in [1.165, 1.54) is 0 Å². The van der Waals surface area contributed by atoms with Gasteiger partial charge in [-0.3, -0.25) is 5.10 Å². The molecule has 1 N–H and O–H groups in total. The smallest absolute Gasteiger partial charge is 0.279 e. The summed E-state index contributed by atoms with van der Waals surface area (Å²) < 4.78 is 46.8. The molecule has 0 aliphatic carbocycles. The van der Waals surface area contributed by atoms with E-state index in [0.29, 0.717) is 0 Å². The number of hydrogen-bond acceptors (Lipinski definition) is 1. The maximum absolute atomic E-state index is 11.7. The van der Waals surface area contributed by atoms with Crippen molar-refractivity contribution in [3.05, 3.63) is 17.5 Å². The number of nitrogens with zero attached hydrogens (tertiary/aromatic N) is 1. The molecule has 1 rings (SSSR count). The molecule has 6 heteroatoms. The van der Waals surface area contributed by atoms with Crippen LogP contribution in [0, 0.1) is 6.07 Å². The van der Waals surface area contributed by atoms with Crippen LogP contribution in [-0.2, 0) is 12.9 Å². The number of hydrogen-bond donors (Lipinski definition) is 1. The van der Waals surface area contributed by atoms with Crippen molar-refractivity contribution in [1.82, 2.24) is 10.2 Å². The van der Waals surface area contributed by atoms with Crippen molar-refractivity contribution in [2.24, 2.45) is 0 Å². The van der Waals surface area contributed by atoms with Crippen LogP contribution in [0.3, 0.4) is 0 Å². The predicted octanol–water partition coefficient (Wildman–Crippen LogP) is 1.70. The summed E-state index contributed by atoms with van der Waals surface area (Å²) in [4.78, 5) is 0. The molecule has 0 saturated carbocycles. The minimum Gasteiger partial charge on any atom is -0.279 e. The molecule has 0 bridgehead atoms. The Hall–Kier alpha value is -1.07. The van der Waals surface area contributed by atoms with Gasteiger partial charge >= 0.3 is 6.18 Å². The zero-order valence-corrected chi connectivity index (χ0v) is 5.17. The third kappa shape index (κ3) is 1.69. The Balaban J connectivity index is 2.89. The Morgan fingerprint density at radius 1 is 1.45 bits per heavy atom. The molecule has 0 aliphatic heterocycles. The highest BCUT2D eigenvalue weighted by Crippen LogP contribution is 2.27. The van der Waals surface area contributed by atoms with E-state index in [-0.39, 0.29) is 5.69 Å². The van der Waals surface area contributed by atoms with Crippen molar-refractivity contribution in [3.8, 4) is 0 Å². The Kier molecular flexibility index (Phi) is 1.84. The van der Waals surface area contributed by atoms with Crippen molar-refractivity contribution in [1.29, 1.82) is 0 Å². The van der Waals surface area contributed by atoms with Gasteiger partial charge in [-0.1, -0.05) is 0 Å². The molecule has 1 heterocycles. The van der Waals surface area contributed by atoms with Crippen LogP contribution in [-0.4, -0.2) is 10.2 Å². The fraction of sp³-hybridized carbons (Fsp3) is 0.400. The first kappa shape index (κ1) is 8.03. The van der Waals surface area contributed by atoms with Gasteiger partial charge in [0, 0.05) is 6.07 Å². The van der Waals surface area contributed by atoms with E-state index in [1.807, 2.05) is 5.10 Å². The highest BCUT2D eigenvalue weighted by molar-refractivity contribution is 5.08. The van der Waals surface area contributed by atoms with Crippen LogP contribution < -0.4 is 0 Å². The first-order chi connectivity index (χ1) is 5.04. The first-order valence-corrected chi connectivity index (χ1v) is 2.63. The van der Waals surface area contributed by atoms with Gasteiger partial charge in [0.05, 0.1) is 5.69 Å². The lowest BCUT2D eigenvalue weighted by Gasteiger charge is -1.97. The van der Waals surface area contributed by atoms with E-state index in [2.05, 4.69) is 5.10 Å². The minimum absolute atomic E-state index is 0.294. The second-order valence-corrected chi connectivity index (χ2v) is 1.81. The lowest BCUT2D eigenvalue weighted by molar-refractivity contribution is -0.141. The average molecular weight is 167 g/mol. The molecule has 0 spiro atoms. The van der Waals surface area contributed by atoms with Crippen LogP contribution in [0.25, 0.3) is 0 Å². The van der Waals surface area contributed by atoms with E-state index < -0.39 is 18.5 Å². The van der Waals surface area contributed by atoms with E-state index in [0.717, 1.165) is 0 Å². The fourth-order valence-corrected chi connectivity index (χ4v) is 0.520. The van der Waals surface area contributed by atoms with Crippen LogP contribution in [0.1, 0.15) is 11.4 Å². The van der Waals surface area contributed by atoms with E-state index >= 15 is 0 Å². The van der Waals surface area contributed by atoms with Crippen molar-refractivity contribution in [3.63, 3.8) is 0 Å². The molecule has 0 saturated heterocycles. The van der Waals surface area contributed by atoms with Gasteiger partial charge in [-0.25, -0.2) is 4.39 Å². The predicted molar refractivity (Wildman–Crippen MR) is 27.2 cm³/mol. The molecule has 0 atom stereocenters. The molecule has 0 aliphatic rings. The van der Waals surface area contributed by atoms with Gasteiger partial charge in [-0.15, -0.1) is 0 Å². The molecule has 11 heavy (non-hydrogen) atoms. The van der Waals surface area contributed by atoms with Crippen molar-refractivity contribution in [2.75, 3.05) is 0 Å². The van der Waals surface area contributed by atoms with Gasteiger partial charge < -0.3 is 0 Å². The van der Waals surface area contributed by atoms with Crippen LogP contribution in [0.15, 0.2) is 0 Å². The average Bonchev–Trinajstić information content (AvgIpc) is 2.32. The quantitative estimate of drug-likeness (QED) is 0.633. The zero-order valence-electron chi connectivity index (χ0n) is 5.17. The standard InChI is InChI=1S/C5H3F4N2/c6-2-3-1-4(11-10-3)5(7,8)9/h2H2,(H,10,11). The molecule has 0 aromatic carbocycles. The lowest BCUT2D eigenvalue weighted by Crippen LogP contribution is -2.05. The Morgan fingerprint density at radius 2 is 2.09 bits per heavy atom. The number of nitrogens with one attached hydrogen (secondary N) is 1. The normalized spacial score (nSPS) is 12.0. The van der Waals surface area contributed by atoms with Crippen LogP contribution in [0.5, 0.6) is 0 Å². The minimum atomic E-state index is -4.55. The maximum Gasteiger partial charge on any atom is 0.435 e.